The lowest BCUT2D eigenvalue weighted by Gasteiger charge is -2.33. The Kier molecular flexibility index (Phi) is 6.52. The van der Waals surface area contributed by atoms with Crippen LogP contribution >= 0.6 is 22.9 Å². The largest absolute Gasteiger partial charge is 0.365 e. The van der Waals surface area contributed by atoms with E-state index >= 15 is 0 Å². The number of benzene rings is 1. The van der Waals surface area contributed by atoms with Gasteiger partial charge in [-0.3, -0.25) is 19.7 Å². The summed E-state index contributed by atoms with van der Waals surface area (Å²) in [5.41, 5.74) is 7.32. The van der Waals surface area contributed by atoms with Crippen molar-refractivity contribution in [1.29, 1.82) is 0 Å². The van der Waals surface area contributed by atoms with Crippen LogP contribution in [0.2, 0.25) is 5.02 Å². The Bertz CT molecular complexity index is 1090. The van der Waals surface area contributed by atoms with Crippen LogP contribution in [0.3, 0.4) is 0 Å². The summed E-state index contributed by atoms with van der Waals surface area (Å²) < 4.78 is 0. The number of carbonyl (C=O) groups excluding carboxylic acids is 2. The van der Waals surface area contributed by atoms with Crippen molar-refractivity contribution in [3.05, 3.63) is 61.0 Å². The van der Waals surface area contributed by atoms with Gasteiger partial charge in [0.25, 0.3) is 11.6 Å². The lowest BCUT2D eigenvalue weighted by Crippen LogP contribution is -2.27. The normalized spacial score (nSPS) is 16.2. The second-order valence-corrected chi connectivity index (χ2v) is 10.2. The number of fused-ring (bicyclic) bond motifs is 1. The molecular formula is C22H24ClN3O4S. The molecule has 0 fully saturated rings. The fourth-order valence-corrected chi connectivity index (χ4v) is 5.29. The van der Waals surface area contributed by atoms with E-state index in [0.717, 1.165) is 29.7 Å². The first kappa shape index (κ1) is 23.0. The highest BCUT2D eigenvalue weighted by Gasteiger charge is 2.33. The Labute approximate surface area is 189 Å². The molecule has 0 saturated heterocycles. The fourth-order valence-electron chi connectivity index (χ4n) is 3.77. The predicted octanol–water partition coefficient (Wildman–Crippen LogP) is 5.21. The van der Waals surface area contributed by atoms with Crippen molar-refractivity contribution in [2.24, 2.45) is 17.1 Å². The summed E-state index contributed by atoms with van der Waals surface area (Å²) >= 11 is 7.20. The number of rotatable bonds is 5. The number of thiophene rings is 1. The molecule has 0 bridgehead atoms. The summed E-state index contributed by atoms with van der Waals surface area (Å²) in [6.45, 7) is 6.62. The average molecular weight is 462 g/mol. The van der Waals surface area contributed by atoms with Crippen LogP contribution in [0.15, 0.2) is 24.3 Å². The molecule has 0 spiro atoms. The number of nitro benzene ring substituents is 1. The predicted molar refractivity (Wildman–Crippen MR) is 124 cm³/mol. The first-order valence-electron chi connectivity index (χ1n) is 9.84. The van der Waals surface area contributed by atoms with Crippen LogP contribution in [0.5, 0.6) is 0 Å². The summed E-state index contributed by atoms with van der Waals surface area (Å²) in [4.78, 5) is 36.1. The number of nitrogens with one attached hydrogen (secondary N) is 1. The summed E-state index contributed by atoms with van der Waals surface area (Å²) in [5.74, 6) is -0.520. The minimum atomic E-state index is -0.583. The Hall–Kier alpha value is -2.71. The Morgan fingerprint density at radius 3 is 2.68 bits per heavy atom. The van der Waals surface area contributed by atoms with E-state index in [0.29, 0.717) is 22.0 Å². The Morgan fingerprint density at radius 1 is 1.35 bits per heavy atom. The van der Waals surface area contributed by atoms with E-state index < -0.39 is 16.7 Å². The minimum absolute atomic E-state index is 0.0235. The molecule has 0 radical (unpaired) electrons. The number of carbonyl (C=O) groups is 2. The summed E-state index contributed by atoms with van der Waals surface area (Å²) in [6.07, 6.45) is 5.28. The number of hydrogen-bond donors (Lipinski definition) is 2. The van der Waals surface area contributed by atoms with Crippen molar-refractivity contribution in [3.63, 3.8) is 0 Å². The van der Waals surface area contributed by atoms with E-state index in [1.807, 2.05) is 0 Å². The van der Waals surface area contributed by atoms with Gasteiger partial charge in [0.05, 0.1) is 10.5 Å². The molecular weight excluding hydrogens is 438 g/mol. The van der Waals surface area contributed by atoms with Crippen molar-refractivity contribution < 1.29 is 14.5 Å². The molecule has 1 aromatic heterocycles. The monoisotopic (exact) mass is 461 g/mol. The van der Waals surface area contributed by atoms with Gasteiger partial charge in [0.2, 0.25) is 5.91 Å². The third-order valence-electron chi connectivity index (χ3n) is 5.57. The number of hydrogen-bond acceptors (Lipinski definition) is 5. The first-order chi connectivity index (χ1) is 14.5. The molecule has 1 atom stereocenters. The molecule has 1 aliphatic rings. The van der Waals surface area contributed by atoms with Crippen LogP contribution in [-0.2, 0) is 17.6 Å². The number of primary amides is 1. The molecule has 3 N–H and O–H groups in total. The van der Waals surface area contributed by atoms with Gasteiger partial charge in [0.15, 0.2) is 0 Å². The Morgan fingerprint density at radius 2 is 2.06 bits per heavy atom. The average Bonchev–Trinajstić information content (AvgIpc) is 3.03. The second kappa shape index (κ2) is 8.80. The molecule has 31 heavy (non-hydrogen) atoms. The van der Waals surface area contributed by atoms with E-state index in [2.05, 4.69) is 26.1 Å². The number of anilines is 1. The molecule has 7 nitrogen and oxygen atoms in total. The molecule has 0 unspecified atom stereocenters. The smallest absolute Gasteiger partial charge is 0.288 e. The molecule has 164 valence electrons. The van der Waals surface area contributed by atoms with Gasteiger partial charge in [0, 0.05) is 17.0 Å². The van der Waals surface area contributed by atoms with E-state index in [4.69, 9.17) is 17.3 Å². The number of amides is 2. The van der Waals surface area contributed by atoms with Gasteiger partial charge < -0.3 is 11.1 Å². The molecule has 1 heterocycles. The molecule has 9 heteroatoms. The van der Waals surface area contributed by atoms with Crippen molar-refractivity contribution in [2.45, 2.75) is 40.0 Å². The van der Waals surface area contributed by atoms with Crippen molar-refractivity contribution in [2.75, 3.05) is 5.32 Å². The third kappa shape index (κ3) is 5.14. The first-order valence-corrected chi connectivity index (χ1v) is 11.0. The lowest BCUT2D eigenvalue weighted by molar-refractivity contribution is -0.384. The number of nitrogens with two attached hydrogens (primary N) is 1. The maximum absolute atomic E-state index is 12.5. The number of nitro groups is 1. The molecule has 1 aromatic carbocycles. The highest BCUT2D eigenvalue weighted by Crippen LogP contribution is 2.44. The van der Waals surface area contributed by atoms with Crippen molar-refractivity contribution in [3.8, 4) is 0 Å². The van der Waals surface area contributed by atoms with Gasteiger partial charge >= 0.3 is 0 Å². The fraction of sp³-hybridized carbons (Fsp3) is 0.364. The van der Waals surface area contributed by atoms with Crippen LogP contribution in [0.1, 0.15) is 53.6 Å². The lowest BCUT2D eigenvalue weighted by atomic mass is 9.72. The van der Waals surface area contributed by atoms with Gasteiger partial charge in [-0.15, -0.1) is 11.3 Å². The van der Waals surface area contributed by atoms with Gasteiger partial charge in [-0.05, 0) is 53.9 Å². The van der Waals surface area contributed by atoms with Crippen LogP contribution < -0.4 is 11.1 Å². The highest BCUT2D eigenvalue weighted by atomic mass is 35.5. The Balaban J connectivity index is 1.81. The highest BCUT2D eigenvalue weighted by molar-refractivity contribution is 7.17. The van der Waals surface area contributed by atoms with Gasteiger partial charge in [-0.1, -0.05) is 38.4 Å². The van der Waals surface area contributed by atoms with Crippen LogP contribution in [0.4, 0.5) is 10.7 Å². The SMILES string of the molecule is CC(C)(C)[C@@H]1CCc2c(sc(NC(=O)/C=C/c3ccc(Cl)c([N+](=O)[O-])c3)c2C(N)=O)C1. The van der Waals surface area contributed by atoms with Crippen LogP contribution in [-0.4, -0.2) is 16.7 Å². The molecule has 2 amide bonds. The minimum Gasteiger partial charge on any atom is -0.365 e. The van der Waals surface area contributed by atoms with E-state index in [-0.39, 0.29) is 16.1 Å². The zero-order valence-corrected chi connectivity index (χ0v) is 19.1. The van der Waals surface area contributed by atoms with Crippen LogP contribution in [0.25, 0.3) is 6.08 Å². The summed E-state index contributed by atoms with van der Waals surface area (Å²) in [7, 11) is 0. The maximum Gasteiger partial charge on any atom is 0.288 e. The van der Waals surface area contributed by atoms with Gasteiger partial charge in [0.1, 0.15) is 10.0 Å². The number of nitrogens with zero attached hydrogens (tertiary/aromatic N) is 1. The summed E-state index contributed by atoms with van der Waals surface area (Å²) in [6, 6.07) is 4.27. The molecule has 2 aromatic rings. The zero-order valence-electron chi connectivity index (χ0n) is 17.5. The molecule has 0 saturated carbocycles. The maximum atomic E-state index is 12.5. The number of halogens is 1. The summed E-state index contributed by atoms with van der Waals surface area (Å²) in [5, 5.41) is 14.2. The van der Waals surface area contributed by atoms with E-state index in [1.165, 1.54) is 35.6 Å². The molecule has 3 rings (SSSR count). The van der Waals surface area contributed by atoms with Crippen molar-refractivity contribution in [1.82, 2.24) is 0 Å². The standard InChI is InChI=1S/C22H24ClN3O4S/c1-22(2,3)13-6-7-14-17(11-13)31-21(19(14)20(24)28)25-18(27)9-5-12-4-8-15(23)16(10-12)26(29)30/h4-5,8-10,13H,6-7,11H2,1-3H3,(H2,24,28)(H,25,27)/b9-5+/t13-/m1/s1. The third-order valence-corrected chi connectivity index (χ3v) is 7.06. The molecule has 0 aliphatic heterocycles. The van der Waals surface area contributed by atoms with Crippen LogP contribution in [0, 0.1) is 21.4 Å². The van der Waals surface area contributed by atoms with E-state index in [1.54, 1.807) is 6.07 Å². The van der Waals surface area contributed by atoms with Gasteiger partial charge in [-0.2, -0.15) is 0 Å². The second-order valence-electron chi connectivity index (χ2n) is 8.67. The van der Waals surface area contributed by atoms with E-state index in [9.17, 15) is 19.7 Å². The van der Waals surface area contributed by atoms with Gasteiger partial charge in [-0.25, -0.2) is 0 Å². The topological polar surface area (TPSA) is 115 Å². The zero-order chi connectivity index (χ0) is 22.9. The quantitative estimate of drug-likeness (QED) is 0.361. The van der Waals surface area contributed by atoms with Crippen molar-refractivity contribution >= 4 is 51.5 Å². The molecule has 1 aliphatic carbocycles.